The van der Waals surface area contributed by atoms with Gasteiger partial charge in [0.2, 0.25) is 5.96 Å². The van der Waals surface area contributed by atoms with Crippen LogP contribution in [-0.4, -0.2) is 31.8 Å². The van der Waals surface area contributed by atoms with Gasteiger partial charge in [0.1, 0.15) is 0 Å². The van der Waals surface area contributed by atoms with Gasteiger partial charge < -0.3 is 10.1 Å². The number of guanidine groups is 1. The Hall–Kier alpha value is -0.810. The van der Waals surface area contributed by atoms with Crippen LogP contribution in [0.3, 0.4) is 0 Å². The van der Waals surface area contributed by atoms with E-state index >= 15 is 0 Å². The van der Waals surface area contributed by atoms with E-state index in [-0.39, 0.29) is 12.1 Å². The minimum absolute atomic E-state index is 0.247. The van der Waals surface area contributed by atoms with Gasteiger partial charge in [-0.3, -0.25) is 10.4 Å². The van der Waals surface area contributed by atoms with E-state index in [0.29, 0.717) is 5.96 Å². The fourth-order valence-electron chi connectivity index (χ4n) is 1.48. The van der Waals surface area contributed by atoms with Crippen molar-refractivity contribution in [2.75, 3.05) is 13.7 Å². The Labute approximate surface area is 78.7 Å². The van der Waals surface area contributed by atoms with Crippen molar-refractivity contribution >= 4 is 5.96 Å². The van der Waals surface area contributed by atoms with Crippen molar-refractivity contribution in [3.63, 3.8) is 0 Å². The van der Waals surface area contributed by atoms with E-state index in [0.717, 1.165) is 19.4 Å². The Morgan fingerprint density at radius 3 is 2.92 bits per heavy atom. The van der Waals surface area contributed by atoms with Crippen LogP contribution in [0.5, 0.6) is 0 Å². The van der Waals surface area contributed by atoms with Crippen molar-refractivity contribution in [1.82, 2.24) is 10.7 Å². The van der Waals surface area contributed by atoms with Gasteiger partial charge in [0, 0.05) is 13.7 Å². The highest BCUT2D eigenvalue weighted by atomic mass is 16.5. The van der Waals surface area contributed by atoms with E-state index in [1.54, 1.807) is 7.05 Å². The van der Waals surface area contributed by atoms with E-state index in [2.05, 4.69) is 22.7 Å². The molecule has 0 spiro atoms. The van der Waals surface area contributed by atoms with Gasteiger partial charge in [-0.15, -0.1) is 0 Å². The van der Waals surface area contributed by atoms with Crippen molar-refractivity contribution in [1.29, 1.82) is 0 Å². The first kappa shape index (κ1) is 10.3. The molecule has 0 aromatic carbocycles. The van der Waals surface area contributed by atoms with Crippen LogP contribution in [0.15, 0.2) is 4.99 Å². The van der Waals surface area contributed by atoms with Crippen molar-refractivity contribution in [3.8, 4) is 0 Å². The van der Waals surface area contributed by atoms with Gasteiger partial charge in [0.15, 0.2) is 0 Å². The summed E-state index contributed by atoms with van der Waals surface area (Å²) in [6.07, 6.45) is 2.53. The smallest absolute Gasteiger partial charge is 0.205 e. The zero-order valence-corrected chi connectivity index (χ0v) is 8.21. The molecule has 1 aliphatic rings. The molecule has 1 rings (SSSR count). The average Bonchev–Trinajstić information content (AvgIpc) is 2.66. The molecule has 2 unspecified atom stereocenters. The quantitative estimate of drug-likeness (QED) is 0.237. The lowest BCUT2D eigenvalue weighted by molar-refractivity contribution is 0.0890. The molecule has 1 fully saturated rings. The van der Waals surface area contributed by atoms with Crippen LogP contribution in [0.1, 0.15) is 19.8 Å². The molecular formula is C8H18N4O. The molecule has 5 nitrogen and oxygen atoms in total. The number of nitrogens with one attached hydrogen (secondary N) is 2. The largest absolute Gasteiger partial charge is 0.376 e. The molecule has 0 radical (unpaired) electrons. The second kappa shape index (κ2) is 5.04. The molecule has 0 aliphatic carbocycles. The Balaban J connectivity index is 2.34. The average molecular weight is 186 g/mol. The molecule has 0 saturated carbocycles. The second-order valence-electron chi connectivity index (χ2n) is 3.20. The van der Waals surface area contributed by atoms with E-state index in [1.165, 1.54) is 0 Å². The molecule has 13 heavy (non-hydrogen) atoms. The lowest BCUT2D eigenvalue weighted by Crippen LogP contribution is -2.49. The number of hydrogen-bond donors (Lipinski definition) is 3. The molecule has 0 aromatic heterocycles. The van der Waals surface area contributed by atoms with E-state index in [9.17, 15) is 0 Å². The maximum absolute atomic E-state index is 5.52. The number of ether oxygens (including phenoxy) is 1. The molecule has 4 N–H and O–H groups in total. The van der Waals surface area contributed by atoms with Crippen LogP contribution < -0.4 is 16.6 Å². The van der Waals surface area contributed by atoms with E-state index in [1.807, 2.05) is 0 Å². The standard InChI is InChI=1S/C8H18N4O/c1-6(7-4-3-5-13-7)11-8(10-2)12-9/h6-7H,3-5,9H2,1-2H3,(H2,10,11,12). The minimum Gasteiger partial charge on any atom is -0.376 e. The van der Waals surface area contributed by atoms with Gasteiger partial charge >= 0.3 is 0 Å². The predicted octanol–water partition coefficient (Wildman–Crippen LogP) is -0.407. The van der Waals surface area contributed by atoms with Crippen molar-refractivity contribution in [3.05, 3.63) is 0 Å². The summed E-state index contributed by atoms with van der Waals surface area (Å²) in [4.78, 5) is 3.93. The Morgan fingerprint density at radius 2 is 2.46 bits per heavy atom. The van der Waals surface area contributed by atoms with Crippen LogP contribution in [0.25, 0.3) is 0 Å². The normalized spacial score (nSPS) is 25.8. The van der Waals surface area contributed by atoms with Crippen molar-refractivity contribution < 1.29 is 4.74 Å². The van der Waals surface area contributed by atoms with Crippen molar-refractivity contribution in [2.24, 2.45) is 10.8 Å². The van der Waals surface area contributed by atoms with Gasteiger partial charge in [-0.2, -0.15) is 0 Å². The molecular weight excluding hydrogens is 168 g/mol. The van der Waals surface area contributed by atoms with Gasteiger partial charge in [0.25, 0.3) is 0 Å². The van der Waals surface area contributed by atoms with Gasteiger partial charge in [-0.25, -0.2) is 5.84 Å². The molecule has 1 saturated heterocycles. The number of aliphatic imine (C=N–C) groups is 1. The first-order valence-corrected chi connectivity index (χ1v) is 4.59. The highest BCUT2D eigenvalue weighted by Crippen LogP contribution is 2.14. The monoisotopic (exact) mass is 186 g/mol. The first-order valence-electron chi connectivity index (χ1n) is 4.59. The highest BCUT2D eigenvalue weighted by molar-refractivity contribution is 5.79. The third-order valence-corrected chi connectivity index (χ3v) is 2.25. The Morgan fingerprint density at radius 1 is 1.69 bits per heavy atom. The summed E-state index contributed by atoms with van der Waals surface area (Å²) in [7, 11) is 1.68. The fourth-order valence-corrected chi connectivity index (χ4v) is 1.48. The Bertz CT molecular complexity index is 177. The molecule has 76 valence electrons. The number of rotatable bonds is 2. The molecule has 2 atom stereocenters. The number of nitrogens with zero attached hydrogens (tertiary/aromatic N) is 1. The third kappa shape index (κ3) is 2.86. The summed E-state index contributed by atoms with van der Waals surface area (Å²) in [6.45, 7) is 2.93. The SMILES string of the molecule is CN=C(NN)NC(C)C1CCCO1. The minimum atomic E-state index is 0.247. The molecule has 5 heteroatoms. The fraction of sp³-hybridized carbons (Fsp3) is 0.875. The number of nitrogens with two attached hydrogens (primary N) is 1. The number of hydrogen-bond acceptors (Lipinski definition) is 3. The summed E-state index contributed by atoms with van der Waals surface area (Å²) in [6, 6.07) is 0.247. The maximum atomic E-state index is 5.52. The predicted molar refractivity (Wildman–Crippen MR) is 52.3 cm³/mol. The summed E-state index contributed by atoms with van der Waals surface area (Å²) in [5.74, 6) is 5.85. The first-order chi connectivity index (χ1) is 6.27. The van der Waals surface area contributed by atoms with Gasteiger partial charge in [0.05, 0.1) is 12.1 Å². The topological polar surface area (TPSA) is 71.7 Å². The van der Waals surface area contributed by atoms with Crippen LogP contribution in [0.2, 0.25) is 0 Å². The summed E-state index contributed by atoms with van der Waals surface area (Å²) < 4.78 is 5.52. The number of hydrazine groups is 1. The maximum Gasteiger partial charge on any atom is 0.205 e. The van der Waals surface area contributed by atoms with Crippen LogP contribution in [0.4, 0.5) is 0 Å². The lowest BCUT2D eigenvalue weighted by atomic mass is 10.1. The summed E-state index contributed by atoms with van der Waals surface area (Å²) in [5.41, 5.74) is 2.49. The van der Waals surface area contributed by atoms with Crippen LogP contribution >= 0.6 is 0 Å². The van der Waals surface area contributed by atoms with Gasteiger partial charge in [-0.1, -0.05) is 0 Å². The van der Waals surface area contributed by atoms with Crippen LogP contribution in [-0.2, 0) is 4.74 Å². The van der Waals surface area contributed by atoms with Gasteiger partial charge in [-0.05, 0) is 19.8 Å². The molecule has 0 bridgehead atoms. The highest BCUT2D eigenvalue weighted by Gasteiger charge is 2.22. The Kier molecular flexibility index (Phi) is 3.98. The lowest BCUT2D eigenvalue weighted by Gasteiger charge is -2.21. The van der Waals surface area contributed by atoms with E-state index in [4.69, 9.17) is 10.6 Å². The van der Waals surface area contributed by atoms with Crippen LogP contribution in [0, 0.1) is 0 Å². The van der Waals surface area contributed by atoms with Crippen molar-refractivity contribution in [2.45, 2.75) is 31.9 Å². The molecule has 1 heterocycles. The summed E-state index contributed by atoms with van der Waals surface area (Å²) in [5, 5.41) is 3.15. The second-order valence-corrected chi connectivity index (χ2v) is 3.20. The molecule has 0 aromatic rings. The third-order valence-electron chi connectivity index (χ3n) is 2.25. The zero-order valence-electron chi connectivity index (χ0n) is 8.21. The molecule has 0 amide bonds. The summed E-state index contributed by atoms with van der Waals surface area (Å²) >= 11 is 0. The molecule has 1 aliphatic heterocycles. The zero-order chi connectivity index (χ0) is 9.68. The van der Waals surface area contributed by atoms with E-state index < -0.39 is 0 Å².